The number of aryl methyl sites for hydroxylation is 8. The van der Waals surface area contributed by atoms with Gasteiger partial charge in [0, 0.05) is 51.0 Å². The summed E-state index contributed by atoms with van der Waals surface area (Å²) in [4.78, 5) is 0. The molecule has 0 aliphatic carbocycles. The normalized spacial score (nSPS) is 11.1. The molecule has 1 aromatic carbocycles. The van der Waals surface area contributed by atoms with E-state index in [1.54, 1.807) is 11.1 Å². The third kappa shape index (κ3) is 7.58. The van der Waals surface area contributed by atoms with Gasteiger partial charge in [0.2, 0.25) is 0 Å². The lowest BCUT2D eigenvalue weighted by atomic mass is 9.97. The van der Waals surface area contributed by atoms with Gasteiger partial charge in [-0.3, -0.25) is 0 Å². The lowest BCUT2D eigenvalue weighted by Crippen LogP contribution is -2.36. The van der Waals surface area contributed by atoms with Gasteiger partial charge in [-0.15, -0.1) is 0 Å². The Bertz CT molecular complexity index is 909. The number of rotatable bonds is 12. The van der Waals surface area contributed by atoms with Crippen LogP contribution in [-0.2, 0) is 25.9 Å². The summed E-state index contributed by atoms with van der Waals surface area (Å²) >= 11 is 0. The van der Waals surface area contributed by atoms with E-state index in [1.807, 2.05) is 0 Å². The molecule has 3 rings (SSSR count). The van der Waals surface area contributed by atoms with Crippen LogP contribution in [0.5, 0.6) is 0 Å². The first-order valence-corrected chi connectivity index (χ1v) is 12.5. The fraction of sp³-hybridized carbons (Fsp3) is 0.467. The molecule has 0 amide bonds. The molecule has 0 fully saturated rings. The van der Waals surface area contributed by atoms with E-state index < -0.39 is 0 Å². The molecule has 0 radical (unpaired) electrons. The van der Waals surface area contributed by atoms with Gasteiger partial charge in [-0.05, 0) is 74.6 Å². The molecular weight excluding hydrogens is 388 g/mol. The molecule has 3 aromatic rings. The Morgan fingerprint density at radius 1 is 0.531 bits per heavy atom. The van der Waals surface area contributed by atoms with Crippen LogP contribution in [0.2, 0.25) is 0 Å². The van der Waals surface area contributed by atoms with Crippen molar-refractivity contribution in [3.8, 4) is 0 Å². The Balaban J connectivity index is 1.36. The highest BCUT2D eigenvalue weighted by Crippen LogP contribution is 2.16. The highest BCUT2D eigenvalue weighted by atomic mass is 14.9. The molecule has 2 heterocycles. The molecule has 2 nitrogen and oxygen atoms in total. The number of nitrogens with zero attached hydrogens (tertiary/aromatic N) is 2. The Morgan fingerprint density at radius 2 is 0.969 bits per heavy atom. The molecule has 0 bridgehead atoms. The van der Waals surface area contributed by atoms with E-state index >= 15 is 0 Å². The van der Waals surface area contributed by atoms with Crippen molar-refractivity contribution in [1.82, 2.24) is 0 Å². The third-order valence-electron chi connectivity index (χ3n) is 6.62. The number of unbranched alkanes of at least 4 members (excludes halogenated alkanes) is 4. The maximum absolute atomic E-state index is 2.39. The van der Waals surface area contributed by atoms with Crippen molar-refractivity contribution in [2.75, 3.05) is 0 Å². The van der Waals surface area contributed by atoms with Crippen molar-refractivity contribution in [2.45, 2.75) is 92.2 Å². The standard InChI is InChI=1S/C30H42N2/c1-25-17-21-31(27(3)23-25)19-11-5-7-13-29-15-9-10-16-30(29)14-8-6-12-20-32-22-18-26(2)24-28(32)4/h9-10,15-18,21-24H,5-8,11-14,19-20H2,1-4H3/q+2. The van der Waals surface area contributed by atoms with Gasteiger partial charge in [0.15, 0.2) is 23.8 Å². The first kappa shape index (κ1) is 24.2. The molecule has 2 heteroatoms. The lowest BCUT2D eigenvalue weighted by Gasteiger charge is -2.09. The first-order chi connectivity index (χ1) is 15.5. The van der Waals surface area contributed by atoms with E-state index in [0.29, 0.717) is 0 Å². The van der Waals surface area contributed by atoms with Gasteiger partial charge in [-0.2, -0.15) is 0 Å². The van der Waals surface area contributed by atoms with Crippen LogP contribution < -0.4 is 9.13 Å². The first-order valence-electron chi connectivity index (χ1n) is 12.5. The molecule has 0 atom stereocenters. The van der Waals surface area contributed by atoms with Crippen LogP contribution in [0.1, 0.15) is 72.2 Å². The Hall–Kier alpha value is -2.48. The molecule has 0 spiro atoms. The molecule has 0 N–H and O–H groups in total. The zero-order valence-corrected chi connectivity index (χ0v) is 20.7. The molecule has 0 saturated carbocycles. The van der Waals surface area contributed by atoms with Gasteiger partial charge < -0.3 is 0 Å². The van der Waals surface area contributed by atoms with Gasteiger partial charge in [0.25, 0.3) is 0 Å². The average molecular weight is 431 g/mol. The second-order valence-electron chi connectivity index (χ2n) is 9.47. The molecule has 0 unspecified atom stereocenters. The average Bonchev–Trinajstić information content (AvgIpc) is 2.77. The summed E-state index contributed by atoms with van der Waals surface area (Å²) in [6.07, 6.45) is 14.6. The van der Waals surface area contributed by atoms with Crippen molar-refractivity contribution in [1.29, 1.82) is 0 Å². The van der Waals surface area contributed by atoms with E-state index in [9.17, 15) is 0 Å². The van der Waals surface area contributed by atoms with Crippen LogP contribution in [0, 0.1) is 27.7 Å². The molecule has 2 aromatic heterocycles. The zero-order chi connectivity index (χ0) is 22.8. The van der Waals surface area contributed by atoms with Crippen LogP contribution in [0.15, 0.2) is 60.9 Å². The summed E-state index contributed by atoms with van der Waals surface area (Å²) in [5.41, 5.74) is 8.56. The Morgan fingerprint density at radius 3 is 1.38 bits per heavy atom. The number of hydrogen-bond donors (Lipinski definition) is 0. The summed E-state index contributed by atoms with van der Waals surface area (Å²) < 4.78 is 4.77. The highest BCUT2D eigenvalue weighted by molar-refractivity contribution is 5.27. The van der Waals surface area contributed by atoms with Crippen molar-refractivity contribution < 1.29 is 9.13 Å². The number of pyridine rings is 2. The van der Waals surface area contributed by atoms with Gasteiger partial charge in [-0.25, -0.2) is 9.13 Å². The molecule has 32 heavy (non-hydrogen) atoms. The summed E-state index contributed by atoms with van der Waals surface area (Å²) in [5.74, 6) is 0. The van der Waals surface area contributed by atoms with Crippen LogP contribution in [-0.4, -0.2) is 0 Å². The van der Waals surface area contributed by atoms with Crippen molar-refractivity contribution in [2.24, 2.45) is 0 Å². The van der Waals surface area contributed by atoms with Gasteiger partial charge in [-0.1, -0.05) is 24.3 Å². The lowest BCUT2D eigenvalue weighted by molar-refractivity contribution is -0.703. The largest absolute Gasteiger partial charge is 0.203 e. The fourth-order valence-corrected chi connectivity index (χ4v) is 4.67. The maximum atomic E-state index is 2.39. The zero-order valence-electron chi connectivity index (χ0n) is 20.7. The van der Waals surface area contributed by atoms with E-state index in [2.05, 4.69) is 97.8 Å². The predicted molar refractivity (Wildman–Crippen MR) is 134 cm³/mol. The van der Waals surface area contributed by atoms with Crippen molar-refractivity contribution in [3.05, 3.63) is 94.6 Å². The van der Waals surface area contributed by atoms with E-state index in [0.717, 1.165) is 13.1 Å². The van der Waals surface area contributed by atoms with Gasteiger partial charge in [0.1, 0.15) is 13.1 Å². The fourth-order valence-electron chi connectivity index (χ4n) is 4.67. The van der Waals surface area contributed by atoms with E-state index in [1.165, 1.54) is 73.9 Å². The summed E-state index contributed by atoms with van der Waals surface area (Å²) in [5, 5.41) is 0. The monoisotopic (exact) mass is 430 g/mol. The molecule has 170 valence electrons. The molecule has 0 aliphatic heterocycles. The number of hydrogen-bond acceptors (Lipinski definition) is 0. The number of benzene rings is 1. The smallest absolute Gasteiger partial charge is 0.178 e. The minimum atomic E-state index is 1.13. The Kier molecular flexibility index (Phi) is 9.46. The molecule has 0 aliphatic rings. The highest BCUT2D eigenvalue weighted by Gasteiger charge is 2.08. The summed E-state index contributed by atoms with van der Waals surface area (Å²) in [6.45, 7) is 11.0. The van der Waals surface area contributed by atoms with E-state index in [-0.39, 0.29) is 0 Å². The number of aromatic nitrogens is 2. The molecular formula is C30H42N2+2. The topological polar surface area (TPSA) is 7.76 Å². The van der Waals surface area contributed by atoms with Crippen LogP contribution >= 0.6 is 0 Å². The second kappa shape index (κ2) is 12.5. The predicted octanol–water partition coefficient (Wildman–Crippen LogP) is 6.32. The van der Waals surface area contributed by atoms with Crippen LogP contribution in [0.25, 0.3) is 0 Å². The maximum Gasteiger partial charge on any atom is 0.178 e. The minimum absolute atomic E-state index is 1.13. The van der Waals surface area contributed by atoms with Crippen molar-refractivity contribution in [3.63, 3.8) is 0 Å². The Labute approximate surface area is 196 Å². The van der Waals surface area contributed by atoms with Crippen molar-refractivity contribution >= 4 is 0 Å². The second-order valence-corrected chi connectivity index (χ2v) is 9.47. The summed E-state index contributed by atoms with van der Waals surface area (Å²) in [6, 6.07) is 18.1. The van der Waals surface area contributed by atoms with Gasteiger partial charge in [0.05, 0.1) is 0 Å². The summed E-state index contributed by atoms with van der Waals surface area (Å²) in [7, 11) is 0. The minimum Gasteiger partial charge on any atom is -0.203 e. The quantitative estimate of drug-likeness (QED) is 0.235. The van der Waals surface area contributed by atoms with E-state index in [4.69, 9.17) is 0 Å². The van der Waals surface area contributed by atoms with Crippen LogP contribution in [0.4, 0.5) is 0 Å². The van der Waals surface area contributed by atoms with Gasteiger partial charge >= 0.3 is 0 Å². The third-order valence-corrected chi connectivity index (χ3v) is 6.62. The SMILES string of the molecule is Cc1cc[n+](CCCCCc2ccccc2CCCCC[n+]2ccc(C)cc2C)c(C)c1. The molecule has 0 saturated heterocycles. The van der Waals surface area contributed by atoms with Crippen LogP contribution in [0.3, 0.4) is 0 Å².